The van der Waals surface area contributed by atoms with Crippen molar-refractivity contribution in [2.24, 2.45) is 5.92 Å². The van der Waals surface area contributed by atoms with Gasteiger partial charge in [0.1, 0.15) is 0 Å². The Hall–Kier alpha value is -1.37. The molecular formula is C18H25NO4S. The minimum Gasteiger partial charge on any atom is -0.459 e. The summed E-state index contributed by atoms with van der Waals surface area (Å²) in [5.74, 6) is 0.358. The maximum atomic E-state index is 12.4. The lowest BCUT2D eigenvalue weighted by Crippen LogP contribution is -2.39. The number of aliphatic hydroxyl groups excluding tert-OH is 1. The maximum absolute atomic E-state index is 12.4. The molecule has 1 aromatic rings. The Kier molecular flexibility index (Phi) is 5.92. The zero-order valence-electron chi connectivity index (χ0n) is 13.9. The lowest BCUT2D eigenvalue weighted by atomic mass is 9.81. The van der Waals surface area contributed by atoms with Gasteiger partial charge < -0.3 is 19.9 Å². The molecule has 1 aliphatic carbocycles. The second kappa shape index (κ2) is 8.14. The first-order chi connectivity index (χ1) is 11.7. The van der Waals surface area contributed by atoms with E-state index in [0.717, 1.165) is 19.3 Å². The van der Waals surface area contributed by atoms with Crippen LogP contribution in [0.25, 0.3) is 0 Å². The Balaban J connectivity index is 1.85. The third-order valence-corrected chi connectivity index (χ3v) is 5.18. The zero-order valence-corrected chi connectivity index (χ0v) is 14.8. The Morgan fingerprint density at radius 1 is 1.50 bits per heavy atom. The van der Waals surface area contributed by atoms with Gasteiger partial charge in [0.05, 0.1) is 0 Å². The van der Waals surface area contributed by atoms with E-state index in [0.29, 0.717) is 24.8 Å². The van der Waals surface area contributed by atoms with E-state index in [2.05, 4.69) is 16.8 Å². The fourth-order valence-electron chi connectivity index (χ4n) is 3.09. The largest absolute Gasteiger partial charge is 0.459 e. The quantitative estimate of drug-likeness (QED) is 0.756. The molecule has 1 fully saturated rings. The second-order valence-electron chi connectivity index (χ2n) is 6.33. The zero-order chi connectivity index (χ0) is 16.9. The van der Waals surface area contributed by atoms with Crippen molar-refractivity contribution < 1.29 is 19.4 Å². The van der Waals surface area contributed by atoms with E-state index in [1.54, 1.807) is 11.3 Å². The number of ether oxygens (including phenoxy) is 2. The van der Waals surface area contributed by atoms with E-state index >= 15 is 0 Å². The molecule has 0 unspecified atom stereocenters. The molecule has 1 aliphatic heterocycles. The van der Waals surface area contributed by atoms with E-state index < -0.39 is 6.29 Å². The minimum atomic E-state index is -0.462. The number of hydrogen-bond donors (Lipinski definition) is 2. The average Bonchev–Trinajstić information content (AvgIpc) is 3.23. The van der Waals surface area contributed by atoms with Gasteiger partial charge in [-0.3, -0.25) is 4.79 Å². The van der Waals surface area contributed by atoms with Crippen molar-refractivity contribution >= 4 is 17.2 Å². The molecule has 0 radical (unpaired) electrons. The summed E-state index contributed by atoms with van der Waals surface area (Å²) in [5, 5.41) is 16.4. The number of carbonyl (C=O) groups excluding carboxylic acids is 1. The molecule has 1 amide bonds. The molecule has 0 bridgehead atoms. The lowest BCUT2D eigenvalue weighted by molar-refractivity contribution is -0.166. The molecule has 3 rings (SSSR count). The van der Waals surface area contributed by atoms with Gasteiger partial charge >= 0.3 is 0 Å². The first kappa shape index (κ1) is 17.5. The average molecular weight is 351 g/mol. The fraction of sp³-hybridized carbons (Fsp3) is 0.611. The summed E-state index contributed by atoms with van der Waals surface area (Å²) in [5.41, 5.74) is 1.17. The SMILES string of the molecule is CCO[C@H]1OC(C(=O)NC2CC2)=C[C@@H](c2ccsc2)[C@@H]1CCCO. The van der Waals surface area contributed by atoms with Crippen LogP contribution in [0, 0.1) is 5.92 Å². The van der Waals surface area contributed by atoms with Gasteiger partial charge in [-0.2, -0.15) is 11.3 Å². The van der Waals surface area contributed by atoms with Gasteiger partial charge in [-0.25, -0.2) is 0 Å². The number of amides is 1. The number of carbonyl (C=O) groups is 1. The molecule has 24 heavy (non-hydrogen) atoms. The third-order valence-electron chi connectivity index (χ3n) is 4.48. The molecule has 2 aliphatic rings. The van der Waals surface area contributed by atoms with Gasteiger partial charge in [-0.1, -0.05) is 0 Å². The second-order valence-corrected chi connectivity index (χ2v) is 7.11. The van der Waals surface area contributed by atoms with Crippen molar-refractivity contribution in [2.75, 3.05) is 13.2 Å². The molecule has 2 heterocycles. The van der Waals surface area contributed by atoms with Gasteiger partial charge in [-0.05, 0) is 61.1 Å². The third kappa shape index (κ3) is 4.18. The Morgan fingerprint density at radius 2 is 2.33 bits per heavy atom. The summed E-state index contributed by atoms with van der Waals surface area (Å²) in [7, 11) is 0. The summed E-state index contributed by atoms with van der Waals surface area (Å²) in [4.78, 5) is 12.4. The van der Waals surface area contributed by atoms with Crippen LogP contribution < -0.4 is 5.32 Å². The fourth-order valence-corrected chi connectivity index (χ4v) is 3.80. The van der Waals surface area contributed by atoms with Crippen LogP contribution in [0.15, 0.2) is 28.7 Å². The number of allylic oxidation sites excluding steroid dienone is 1. The first-order valence-corrected chi connectivity index (χ1v) is 9.61. The van der Waals surface area contributed by atoms with Crippen molar-refractivity contribution in [1.29, 1.82) is 0 Å². The number of hydrogen-bond acceptors (Lipinski definition) is 5. The molecule has 0 saturated heterocycles. The normalized spacial score (nSPS) is 26.6. The summed E-state index contributed by atoms with van der Waals surface area (Å²) in [6.07, 6.45) is 5.03. The molecule has 132 valence electrons. The van der Waals surface area contributed by atoms with E-state index in [4.69, 9.17) is 9.47 Å². The Morgan fingerprint density at radius 3 is 2.96 bits per heavy atom. The highest BCUT2D eigenvalue weighted by molar-refractivity contribution is 7.08. The van der Waals surface area contributed by atoms with Crippen LogP contribution >= 0.6 is 11.3 Å². The predicted octanol–water partition coefficient (Wildman–Crippen LogP) is 2.78. The molecule has 6 heteroatoms. The molecule has 1 saturated carbocycles. The number of thiophene rings is 1. The molecular weight excluding hydrogens is 326 g/mol. The van der Waals surface area contributed by atoms with Crippen molar-refractivity contribution in [1.82, 2.24) is 5.32 Å². The van der Waals surface area contributed by atoms with Gasteiger partial charge in [0.25, 0.3) is 5.91 Å². The van der Waals surface area contributed by atoms with Crippen molar-refractivity contribution in [2.45, 2.75) is 50.9 Å². The standard InChI is InChI=1S/C18H25NO4S/c1-2-22-18-14(4-3-8-20)15(12-7-9-24-11-12)10-16(23-18)17(21)19-13-5-6-13/h7,9-11,13-15,18,20H,2-6,8H2,1H3,(H,19,21)/t14-,15-,18-/m0/s1. The highest BCUT2D eigenvalue weighted by Crippen LogP contribution is 2.40. The van der Waals surface area contributed by atoms with Gasteiger partial charge in [-0.15, -0.1) is 0 Å². The van der Waals surface area contributed by atoms with E-state index in [1.807, 2.05) is 18.4 Å². The molecule has 3 atom stereocenters. The molecule has 5 nitrogen and oxygen atoms in total. The molecule has 2 N–H and O–H groups in total. The van der Waals surface area contributed by atoms with Crippen LogP contribution in [0.5, 0.6) is 0 Å². The highest BCUT2D eigenvalue weighted by atomic mass is 32.1. The van der Waals surface area contributed by atoms with Gasteiger partial charge in [0.2, 0.25) is 6.29 Å². The summed E-state index contributed by atoms with van der Waals surface area (Å²) >= 11 is 1.64. The monoisotopic (exact) mass is 351 g/mol. The molecule has 1 aromatic heterocycles. The van der Waals surface area contributed by atoms with E-state index in [9.17, 15) is 9.90 Å². The number of rotatable bonds is 8. The van der Waals surface area contributed by atoms with Crippen LogP contribution in [0.2, 0.25) is 0 Å². The lowest BCUT2D eigenvalue weighted by Gasteiger charge is -2.36. The van der Waals surface area contributed by atoms with Crippen LogP contribution in [-0.2, 0) is 14.3 Å². The van der Waals surface area contributed by atoms with Crippen molar-refractivity contribution in [3.05, 3.63) is 34.2 Å². The Labute approximate surface area is 146 Å². The maximum Gasteiger partial charge on any atom is 0.286 e. The van der Waals surface area contributed by atoms with Crippen molar-refractivity contribution in [3.63, 3.8) is 0 Å². The van der Waals surface area contributed by atoms with E-state index in [1.165, 1.54) is 5.56 Å². The Bertz CT molecular complexity index is 568. The van der Waals surface area contributed by atoms with E-state index in [-0.39, 0.29) is 24.3 Å². The summed E-state index contributed by atoms with van der Waals surface area (Å²) in [6, 6.07) is 2.38. The number of aliphatic hydroxyl groups is 1. The number of nitrogens with one attached hydrogen (secondary N) is 1. The minimum absolute atomic E-state index is 0.0630. The summed E-state index contributed by atoms with van der Waals surface area (Å²) < 4.78 is 11.7. The van der Waals surface area contributed by atoms with Gasteiger partial charge in [0, 0.05) is 31.1 Å². The highest BCUT2D eigenvalue weighted by Gasteiger charge is 2.38. The predicted molar refractivity (Wildman–Crippen MR) is 92.6 cm³/mol. The van der Waals surface area contributed by atoms with Crippen LogP contribution in [0.1, 0.15) is 44.1 Å². The molecule has 0 spiro atoms. The summed E-state index contributed by atoms with van der Waals surface area (Å²) in [6.45, 7) is 2.59. The first-order valence-electron chi connectivity index (χ1n) is 8.66. The van der Waals surface area contributed by atoms with Gasteiger partial charge in [0.15, 0.2) is 5.76 Å². The van der Waals surface area contributed by atoms with Crippen molar-refractivity contribution in [3.8, 4) is 0 Å². The van der Waals surface area contributed by atoms with Crippen LogP contribution in [0.4, 0.5) is 0 Å². The van der Waals surface area contributed by atoms with Crippen LogP contribution in [-0.4, -0.2) is 36.6 Å². The molecule has 0 aromatic carbocycles. The topological polar surface area (TPSA) is 67.8 Å². The van der Waals surface area contributed by atoms with Crippen LogP contribution in [0.3, 0.4) is 0 Å². The smallest absolute Gasteiger partial charge is 0.286 e.